The Bertz CT molecular complexity index is 700. The van der Waals surface area contributed by atoms with E-state index in [2.05, 4.69) is 27.0 Å². The minimum absolute atomic E-state index is 0.116. The number of benzene rings is 1. The Hall–Kier alpha value is -2.26. The normalized spacial score (nSPS) is 14.2. The quantitative estimate of drug-likeness (QED) is 0.671. The van der Waals surface area contributed by atoms with Gasteiger partial charge in [0.2, 0.25) is 5.91 Å². The van der Waals surface area contributed by atoms with Gasteiger partial charge in [-0.15, -0.1) is 0 Å². The summed E-state index contributed by atoms with van der Waals surface area (Å²) >= 11 is 1.38. The molecular formula is C18H20N4OS. The van der Waals surface area contributed by atoms with Gasteiger partial charge in [0.05, 0.1) is 12.3 Å². The number of nitrogens with one attached hydrogen (secondary N) is 1. The molecule has 1 aromatic heterocycles. The summed E-state index contributed by atoms with van der Waals surface area (Å²) < 4.78 is 0. The molecule has 1 heterocycles. The number of aromatic nitrogens is 3. The largest absolute Gasteiger partial charge is 0.328 e. The molecule has 0 unspecified atom stereocenters. The van der Waals surface area contributed by atoms with Gasteiger partial charge in [0.25, 0.3) is 0 Å². The van der Waals surface area contributed by atoms with Gasteiger partial charge in [-0.3, -0.25) is 9.89 Å². The number of thioether (sulfide) groups is 1. The molecule has 1 aliphatic rings. The third kappa shape index (κ3) is 4.62. The molecule has 2 aromatic rings. The molecule has 0 atom stereocenters. The number of H-pyrrole nitrogens is 1. The standard InChI is InChI=1S/C18H20N4OS/c23-17(13-24-18-19-14-20-21-18)22(16-10-4-5-11-16)12-6-9-15-7-2-1-3-8-15/h1-3,7-8,14,16H,4-5,10-13H2,(H,19,20,21). The van der Waals surface area contributed by atoms with Crippen molar-refractivity contribution in [2.75, 3.05) is 12.3 Å². The fourth-order valence-corrected chi connectivity index (χ4v) is 3.53. The predicted octanol–water partition coefficient (Wildman–Crippen LogP) is 2.72. The van der Waals surface area contributed by atoms with E-state index in [1.807, 2.05) is 35.2 Å². The molecule has 0 radical (unpaired) electrons. The number of aromatic amines is 1. The van der Waals surface area contributed by atoms with Crippen LogP contribution in [0.15, 0.2) is 41.8 Å². The molecule has 5 nitrogen and oxygen atoms in total. The number of hydrogen-bond acceptors (Lipinski definition) is 4. The summed E-state index contributed by atoms with van der Waals surface area (Å²) in [4.78, 5) is 18.6. The van der Waals surface area contributed by atoms with Crippen LogP contribution in [-0.4, -0.2) is 44.3 Å². The van der Waals surface area contributed by atoms with Crippen molar-refractivity contribution in [3.63, 3.8) is 0 Å². The molecule has 124 valence electrons. The van der Waals surface area contributed by atoms with Crippen LogP contribution in [0, 0.1) is 11.8 Å². The van der Waals surface area contributed by atoms with Crippen LogP contribution in [0.3, 0.4) is 0 Å². The Morgan fingerprint density at radius 1 is 1.29 bits per heavy atom. The summed E-state index contributed by atoms with van der Waals surface area (Å²) in [7, 11) is 0. The number of rotatable bonds is 5. The van der Waals surface area contributed by atoms with E-state index in [1.54, 1.807) is 0 Å². The number of nitrogens with zero attached hydrogens (tertiary/aromatic N) is 3. The van der Waals surface area contributed by atoms with Gasteiger partial charge in [-0.25, -0.2) is 4.98 Å². The van der Waals surface area contributed by atoms with Crippen molar-refractivity contribution < 1.29 is 4.79 Å². The van der Waals surface area contributed by atoms with Gasteiger partial charge in [-0.05, 0) is 25.0 Å². The van der Waals surface area contributed by atoms with E-state index in [0.29, 0.717) is 23.5 Å². The fraction of sp³-hybridized carbons (Fsp3) is 0.389. The molecule has 1 saturated carbocycles. The van der Waals surface area contributed by atoms with E-state index in [0.717, 1.165) is 18.4 Å². The molecule has 1 aliphatic carbocycles. The lowest BCUT2D eigenvalue weighted by atomic mass is 10.2. The van der Waals surface area contributed by atoms with Crippen molar-refractivity contribution in [1.82, 2.24) is 20.1 Å². The van der Waals surface area contributed by atoms with E-state index in [9.17, 15) is 4.79 Å². The Morgan fingerprint density at radius 2 is 2.08 bits per heavy atom. The van der Waals surface area contributed by atoms with Crippen molar-refractivity contribution in [2.45, 2.75) is 36.9 Å². The Labute approximate surface area is 146 Å². The van der Waals surface area contributed by atoms with Crippen LogP contribution in [0.4, 0.5) is 0 Å². The van der Waals surface area contributed by atoms with Gasteiger partial charge in [-0.2, -0.15) is 5.10 Å². The molecule has 0 aliphatic heterocycles. The molecule has 0 bridgehead atoms. The third-order valence-corrected chi connectivity index (χ3v) is 4.93. The van der Waals surface area contributed by atoms with Crippen molar-refractivity contribution >= 4 is 17.7 Å². The minimum atomic E-state index is 0.116. The van der Waals surface area contributed by atoms with E-state index < -0.39 is 0 Å². The maximum absolute atomic E-state index is 12.6. The monoisotopic (exact) mass is 340 g/mol. The smallest absolute Gasteiger partial charge is 0.234 e. The summed E-state index contributed by atoms with van der Waals surface area (Å²) in [5, 5.41) is 7.24. The van der Waals surface area contributed by atoms with Crippen LogP contribution >= 0.6 is 11.8 Å². The van der Waals surface area contributed by atoms with E-state index in [-0.39, 0.29) is 5.91 Å². The van der Waals surface area contributed by atoms with E-state index >= 15 is 0 Å². The van der Waals surface area contributed by atoms with E-state index in [4.69, 9.17) is 0 Å². The zero-order valence-corrected chi connectivity index (χ0v) is 14.3. The van der Waals surface area contributed by atoms with Gasteiger partial charge in [0.1, 0.15) is 6.33 Å². The Balaban J connectivity index is 1.62. The van der Waals surface area contributed by atoms with E-state index in [1.165, 1.54) is 30.9 Å². The lowest BCUT2D eigenvalue weighted by Crippen LogP contribution is -2.40. The highest BCUT2D eigenvalue weighted by Crippen LogP contribution is 2.24. The number of carbonyl (C=O) groups is 1. The molecule has 1 aromatic carbocycles. The van der Waals surface area contributed by atoms with Crippen LogP contribution in [0.5, 0.6) is 0 Å². The summed E-state index contributed by atoms with van der Waals surface area (Å²) in [5.74, 6) is 6.78. The molecule has 1 N–H and O–H groups in total. The van der Waals surface area contributed by atoms with Crippen molar-refractivity contribution in [3.8, 4) is 11.8 Å². The molecule has 6 heteroatoms. The predicted molar refractivity (Wildman–Crippen MR) is 94.4 cm³/mol. The molecule has 1 amide bonds. The Kier molecular flexibility index (Phi) is 5.91. The number of hydrogen-bond donors (Lipinski definition) is 1. The molecule has 0 saturated heterocycles. The molecular weight excluding hydrogens is 320 g/mol. The van der Waals surface area contributed by atoms with Gasteiger partial charge in [0.15, 0.2) is 5.16 Å². The summed E-state index contributed by atoms with van der Waals surface area (Å²) in [6.07, 6.45) is 5.98. The lowest BCUT2D eigenvalue weighted by molar-refractivity contribution is -0.129. The average Bonchev–Trinajstić information content (AvgIpc) is 3.31. The zero-order chi connectivity index (χ0) is 16.6. The SMILES string of the molecule is O=C(CSc1ncn[nH]1)N(CC#Cc1ccccc1)C1CCCC1. The molecule has 0 spiro atoms. The minimum Gasteiger partial charge on any atom is -0.328 e. The first kappa shape index (κ1) is 16.6. The molecule has 24 heavy (non-hydrogen) atoms. The first-order chi connectivity index (χ1) is 11.8. The first-order valence-corrected chi connectivity index (χ1v) is 9.13. The highest BCUT2D eigenvalue weighted by Gasteiger charge is 2.26. The maximum Gasteiger partial charge on any atom is 0.234 e. The van der Waals surface area contributed by atoms with Crippen molar-refractivity contribution in [3.05, 3.63) is 42.2 Å². The number of carbonyl (C=O) groups excluding carboxylic acids is 1. The second-order valence-electron chi connectivity index (χ2n) is 5.71. The van der Waals surface area contributed by atoms with Crippen LogP contribution in [0.1, 0.15) is 31.2 Å². The third-order valence-electron chi connectivity index (χ3n) is 4.07. The van der Waals surface area contributed by atoms with Gasteiger partial charge >= 0.3 is 0 Å². The first-order valence-electron chi connectivity index (χ1n) is 8.14. The summed E-state index contributed by atoms with van der Waals surface area (Å²) in [5.41, 5.74) is 0.979. The van der Waals surface area contributed by atoms with Crippen LogP contribution in [0.2, 0.25) is 0 Å². The second kappa shape index (κ2) is 8.55. The van der Waals surface area contributed by atoms with Gasteiger partial charge in [-0.1, -0.05) is 54.6 Å². The van der Waals surface area contributed by atoms with Gasteiger partial charge < -0.3 is 4.90 Å². The van der Waals surface area contributed by atoms with Crippen molar-refractivity contribution in [2.24, 2.45) is 0 Å². The Morgan fingerprint density at radius 3 is 2.79 bits per heavy atom. The van der Waals surface area contributed by atoms with Crippen molar-refractivity contribution in [1.29, 1.82) is 0 Å². The number of amides is 1. The molecule has 3 rings (SSSR count). The highest BCUT2D eigenvalue weighted by atomic mass is 32.2. The lowest BCUT2D eigenvalue weighted by Gasteiger charge is -2.26. The van der Waals surface area contributed by atoms with Crippen LogP contribution < -0.4 is 0 Å². The molecule has 1 fully saturated rings. The van der Waals surface area contributed by atoms with Crippen LogP contribution in [0.25, 0.3) is 0 Å². The summed E-state index contributed by atoms with van der Waals surface area (Å²) in [6, 6.07) is 10.2. The van der Waals surface area contributed by atoms with Gasteiger partial charge in [0, 0.05) is 11.6 Å². The fourth-order valence-electron chi connectivity index (χ4n) is 2.86. The maximum atomic E-state index is 12.6. The topological polar surface area (TPSA) is 61.9 Å². The van der Waals surface area contributed by atoms with Crippen LogP contribution in [-0.2, 0) is 4.79 Å². The zero-order valence-electron chi connectivity index (χ0n) is 13.4. The second-order valence-corrected chi connectivity index (χ2v) is 6.67. The average molecular weight is 340 g/mol. The highest BCUT2D eigenvalue weighted by molar-refractivity contribution is 7.99. The summed E-state index contributed by atoms with van der Waals surface area (Å²) in [6.45, 7) is 0.482.